The highest BCUT2D eigenvalue weighted by molar-refractivity contribution is 4.62. The summed E-state index contributed by atoms with van der Waals surface area (Å²) in [5.41, 5.74) is 4.99. The maximum Gasteiger partial charge on any atom is 0.210 e. The molecule has 1 saturated heterocycles. The van der Waals surface area contributed by atoms with Crippen LogP contribution in [-0.4, -0.2) is 30.8 Å². The SMILES string of the molecule is C#C.NC(O)OC[C@@H]1CCCCO1. The van der Waals surface area contributed by atoms with E-state index in [9.17, 15) is 0 Å². The maximum atomic E-state index is 8.58. The molecule has 4 heteroatoms. The number of aliphatic hydroxyl groups excluding tert-OH is 1. The van der Waals surface area contributed by atoms with Crippen LogP contribution in [-0.2, 0) is 9.47 Å². The molecule has 0 radical (unpaired) electrons. The molecule has 0 spiro atoms. The standard InChI is InChI=1S/C7H15NO3.C2H2/c8-7(9)11-5-6-3-1-2-4-10-6;1-2/h6-7,9H,1-5,8H2;1-2H/t6-,7?;/m0./s1. The molecule has 13 heavy (non-hydrogen) atoms. The molecule has 4 nitrogen and oxygen atoms in total. The lowest BCUT2D eigenvalue weighted by atomic mass is 10.1. The topological polar surface area (TPSA) is 64.7 Å². The van der Waals surface area contributed by atoms with E-state index in [1.54, 1.807) is 0 Å². The average Bonchev–Trinajstić information content (AvgIpc) is 2.19. The van der Waals surface area contributed by atoms with Crippen LogP contribution in [0.3, 0.4) is 0 Å². The number of ether oxygens (including phenoxy) is 2. The lowest BCUT2D eigenvalue weighted by molar-refractivity contribution is -0.133. The van der Waals surface area contributed by atoms with Gasteiger partial charge >= 0.3 is 0 Å². The molecule has 0 aromatic rings. The zero-order valence-electron chi connectivity index (χ0n) is 7.69. The zero-order valence-corrected chi connectivity index (χ0v) is 7.69. The van der Waals surface area contributed by atoms with E-state index < -0.39 is 6.41 Å². The Morgan fingerprint density at radius 1 is 1.54 bits per heavy atom. The van der Waals surface area contributed by atoms with Crippen LogP contribution in [0.25, 0.3) is 0 Å². The van der Waals surface area contributed by atoms with Gasteiger partial charge in [-0.15, -0.1) is 12.8 Å². The Balaban J connectivity index is 0.000000671. The highest BCUT2D eigenvalue weighted by atomic mass is 16.6. The van der Waals surface area contributed by atoms with Gasteiger partial charge in [-0.1, -0.05) is 0 Å². The first-order valence-corrected chi connectivity index (χ1v) is 4.29. The molecule has 76 valence electrons. The predicted molar refractivity (Wildman–Crippen MR) is 49.6 cm³/mol. The molecule has 1 aliphatic heterocycles. The van der Waals surface area contributed by atoms with Crippen LogP contribution < -0.4 is 5.73 Å². The van der Waals surface area contributed by atoms with Crippen molar-refractivity contribution in [1.82, 2.24) is 0 Å². The quantitative estimate of drug-likeness (QED) is 0.484. The fourth-order valence-corrected chi connectivity index (χ4v) is 1.14. The van der Waals surface area contributed by atoms with Gasteiger partial charge in [-0.05, 0) is 19.3 Å². The van der Waals surface area contributed by atoms with E-state index in [4.69, 9.17) is 20.3 Å². The summed E-state index contributed by atoms with van der Waals surface area (Å²) in [5, 5.41) is 8.58. The molecule has 3 N–H and O–H groups in total. The zero-order chi connectivity index (χ0) is 10.1. The number of hydrogen-bond donors (Lipinski definition) is 2. The van der Waals surface area contributed by atoms with Crippen LogP contribution in [0, 0.1) is 12.8 Å². The molecular weight excluding hydrogens is 170 g/mol. The monoisotopic (exact) mass is 187 g/mol. The van der Waals surface area contributed by atoms with Crippen molar-refractivity contribution in [2.24, 2.45) is 5.73 Å². The highest BCUT2D eigenvalue weighted by Crippen LogP contribution is 2.12. The largest absolute Gasteiger partial charge is 0.376 e. The third-order valence-electron chi connectivity index (χ3n) is 1.73. The Hall–Kier alpha value is -0.600. The maximum absolute atomic E-state index is 8.58. The van der Waals surface area contributed by atoms with Gasteiger partial charge in [0, 0.05) is 6.61 Å². The van der Waals surface area contributed by atoms with E-state index in [1.807, 2.05) is 0 Å². The molecule has 0 aromatic heterocycles. The summed E-state index contributed by atoms with van der Waals surface area (Å²) in [6, 6.07) is 0. The minimum absolute atomic E-state index is 0.127. The molecule has 1 unspecified atom stereocenters. The van der Waals surface area contributed by atoms with E-state index in [0.717, 1.165) is 19.4 Å². The second-order valence-electron chi connectivity index (χ2n) is 2.71. The van der Waals surface area contributed by atoms with Crippen molar-refractivity contribution in [3.8, 4) is 12.8 Å². The molecule has 0 aliphatic carbocycles. The lowest BCUT2D eigenvalue weighted by Crippen LogP contribution is -2.31. The second kappa shape index (κ2) is 8.02. The molecule has 2 atom stereocenters. The minimum Gasteiger partial charge on any atom is -0.376 e. The lowest BCUT2D eigenvalue weighted by Gasteiger charge is -2.22. The Morgan fingerprint density at radius 2 is 2.23 bits per heavy atom. The second-order valence-corrected chi connectivity index (χ2v) is 2.71. The molecule has 1 fully saturated rings. The van der Waals surface area contributed by atoms with Crippen molar-refractivity contribution >= 4 is 0 Å². The number of rotatable bonds is 3. The molecule has 0 bridgehead atoms. The molecule has 0 saturated carbocycles. The van der Waals surface area contributed by atoms with Crippen LogP contribution in [0.1, 0.15) is 19.3 Å². The summed E-state index contributed by atoms with van der Waals surface area (Å²) >= 11 is 0. The van der Waals surface area contributed by atoms with Crippen molar-refractivity contribution < 1.29 is 14.6 Å². The predicted octanol–water partition coefficient (Wildman–Crippen LogP) is 0.0561. The van der Waals surface area contributed by atoms with Gasteiger partial charge in [0.1, 0.15) is 0 Å². The van der Waals surface area contributed by atoms with E-state index in [1.165, 1.54) is 6.42 Å². The van der Waals surface area contributed by atoms with Crippen molar-refractivity contribution in [2.45, 2.75) is 31.8 Å². The summed E-state index contributed by atoms with van der Waals surface area (Å²) in [6.07, 6.45) is 10.3. The Morgan fingerprint density at radius 3 is 2.69 bits per heavy atom. The van der Waals surface area contributed by atoms with Gasteiger partial charge in [-0.3, -0.25) is 5.73 Å². The van der Waals surface area contributed by atoms with Crippen LogP contribution in [0.5, 0.6) is 0 Å². The van der Waals surface area contributed by atoms with Crippen molar-refractivity contribution in [1.29, 1.82) is 0 Å². The highest BCUT2D eigenvalue weighted by Gasteiger charge is 2.14. The molecule has 0 amide bonds. The van der Waals surface area contributed by atoms with E-state index >= 15 is 0 Å². The molecule has 1 rings (SSSR count). The van der Waals surface area contributed by atoms with Gasteiger partial charge in [0.25, 0.3) is 0 Å². The fraction of sp³-hybridized carbons (Fsp3) is 0.778. The van der Waals surface area contributed by atoms with E-state index in [2.05, 4.69) is 12.8 Å². The summed E-state index contributed by atoms with van der Waals surface area (Å²) in [7, 11) is 0. The van der Waals surface area contributed by atoms with E-state index in [0.29, 0.717) is 6.61 Å². The number of aliphatic hydroxyl groups is 1. The third kappa shape index (κ3) is 6.55. The summed E-state index contributed by atoms with van der Waals surface area (Å²) in [6.45, 7) is 1.20. The van der Waals surface area contributed by atoms with Crippen LogP contribution >= 0.6 is 0 Å². The van der Waals surface area contributed by atoms with Gasteiger partial charge in [-0.2, -0.15) is 0 Å². The van der Waals surface area contributed by atoms with Gasteiger partial charge < -0.3 is 14.6 Å². The third-order valence-corrected chi connectivity index (χ3v) is 1.73. The van der Waals surface area contributed by atoms with Gasteiger partial charge in [-0.25, -0.2) is 0 Å². The summed E-state index contributed by atoms with van der Waals surface area (Å²) < 4.78 is 10.1. The molecule has 1 aliphatic rings. The van der Waals surface area contributed by atoms with E-state index in [-0.39, 0.29) is 6.10 Å². The minimum atomic E-state index is -1.17. The van der Waals surface area contributed by atoms with Crippen LogP contribution in [0.15, 0.2) is 0 Å². The number of terminal acetylenes is 1. The van der Waals surface area contributed by atoms with Gasteiger partial charge in [0.2, 0.25) is 6.41 Å². The van der Waals surface area contributed by atoms with Gasteiger partial charge in [0.15, 0.2) is 0 Å². The first-order chi connectivity index (χ1) is 6.29. The normalized spacial score (nSPS) is 24.2. The molecule has 1 heterocycles. The fourth-order valence-electron chi connectivity index (χ4n) is 1.14. The van der Waals surface area contributed by atoms with Crippen LogP contribution in [0.4, 0.5) is 0 Å². The summed E-state index contributed by atoms with van der Waals surface area (Å²) in [4.78, 5) is 0. The van der Waals surface area contributed by atoms with Gasteiger partial charge in [0.05, 0.1) is 12.7 Å². The Bertz CT molecular complexity index is 130. The average molecular weight is 187 g/mol. The summed E-state index contributed by atoms with van der Waals surface area (Å²) in [5.74, 6) is 0. The molecule has 0 aromatic carbocycles. The van der Waals surface area contributed by atoms with Crippen molar-refractivity contribution in [3.05, 3.63) is 0 Å². The smallest absolute Gasteiger partial charge is 0.210 e. The first kappa shape index (κ1) is 12.4. The van der Waals surface area contributed by atoms with Crippen molar-refractivity contribution in [3.63, 3.8) is 0 Å². The number of hydrogen-bond acceptors (Lipinski definition) is 4. The Labute approximate surface area is 79.0 Å². The van der Waals surface area contributed by atoms with Crippen LogP contribution in [0.2, 0.25) is 0 Å². The number of nitrogens with two attached hydrogens (primary N) is 1. The molecular formula is C9H17NO3. The Kier molecular flexibility index (Phi) is 7.65. The first-order valence-electron chi connectivity index (χ1n) is 4.29. The van der Waals surface area contributed by atoms with Crippen molar-refractivity contribution in [2.75, 3.05) is 13.2 Å².